The van der Waals surface area contributed by atoms with Gasteiger partial charge >= 0.3 is 0 Å². The highest BCUT2D eigenvalue weighted by atomic mass is 79.9. The molecule has 4 unspecified atom stereocenters. The summed E-state index contributed by atoms with van der Waals surface area (Å²) >= 11 is 3.72. The van der Waals surface area contributed by atoms with Gasteiger partial charge in [-0.1, -0.05) is 59.6 Å². The molecule has 1 N–H and O–H groups in total. The maximum absolute atomic E-state index is 14.2. The molecule has 3 amide bonds. The molecule has 1 spiro atoms. The standard InChI is InChI=1S/C29H38BrN3O5/c1-5-11-19(4)31(14-6-2)28(37)25-29-18-21(30)24(38-29)22(23(29)27(36)33(25)16-17-34)26(35)32(15-7-3)20-12-9-8-10-13-20/h6-10,12-13,19,21-25,34H,2-3,5,11,14-18H2,1,4H3/t19?,21?,22-,23+,24-,25?,29?/m1/s1. The van der Waals surface area contributed by atoms with Crippen LogP contribution in [0.5, 0.6) is 0 Å². The van der Waals surface area contributed by atoms with Crippen LogP contribution in [-0.4, -0.2) is 87.5 Å². The Balaban J connectivity index is 1.77. The normalized spacial score (nSPS) is 30.2. The first-order chi connectivity index (χ1) is 18.3. The lowest BCUT2D eigenvalue weighted by Crippen LogP contribution is -2.58. The number of fused-ring (bicyclic) bond motifs is 1. The average molecular weight is 589 g/mol. The third kappa shape index (κ3) is 4.62. The molecule has 8 nitrogen and oxygen atoms in total. The Kier molecular flexibility index (Phi) is 8.79. The van der Waals surface area contributed by atoms with Crippen molar-refractivity contribution in [3.8, 4) is 0 Å². The maximum atomic E-state index is 14.2. The highest BCUT2D eigenvalue weighted by molar-refractivity contribution is 9.09. The third-order valence-electron chi connectivity index (χ3n) is 8.14. The number of β-amino-alcohol motifs (C(OH)–C–C–N with tert-alkyl or cyclic N) is 1. The number of hydrogen-bond acceptors (Lipinski definition) is 5. The molecule has 0 saturated carbocycles. The van der Waals surface area contributed by atoms with E-state index in [4.69, 9.17) is 4.74 Å². The van der Waals surface area contributed by atoms with Gasteiger partial charge in [-0.05, 0) is 31.9 Å². The van der Waals surface area contributed by atoms with Crippen LogP contribution in [0.4, 0.5) is 5.69 Å². The van der Waals surface area contributed by atoms with Gasteiger partial charge in [0.25, 0.3) is 0 Å². The van der Waals surface area contributed by atoms with Crippen molar-refractivity contribution < 1.29 is 24.2 Å². The van der Waals surface area contributed by atoms with Crippen LogP contribution >= 0.6 is 15.9 Å². The zero-order valence-electron chi connectivity index (χ0n) is 22.2. The van der Waals surface area contributed by atoms with E-state index >= 15 is 0 Å². The number of aliphatic hydroxyl groups excluding tert-OH is 1. The molecule has 3 saturated heterocycles. The molecule has 0 radical (unpaired) electrons. The van der Waals surface area contributed by atoms with Crippen molar-refractivity contribution in [2.75, 3.05) is 31.1 Å². The van der Waals surface area contributed by atoms with Gasteiger partial charge in [-0.25, -0.2) is 0 Å². The fourth-order valence-electron chi connectivity index (χ4n) is 6.64. The first kappa shape index (κ1) is 28.5. The second-order valence-electron chi connectivity index (χ2n) is 10.4. The maximum Gasteiger partial charge on any atom is 0.248 e. The lowest BCUT2D eigenvalue weighted by molar-refractivity contribution is -0.149. The van der Waals surface area contributed by atoms with E-state index in [1.54, 1.807) is 22.0 Å². The molecule has 38 heavy (non-hydrogen) atoms. The summed E-state index contributed by atoms with van der Waals surface area (Å²) in [6, 6.07) is 8.29. The summed E-state index contributed by atoms with van der Waals surface area (Å²) in [7, 11) is 0. The first-order valence-electron chi connectivity index (χ1n) is 13.4. The number of alkyl halides is 1. The predicted molar refractivity (Wildman–Crippen MR) is 150 cm³/mol. The van der Waals surface area contributed by atoms with Crippen molar-refractivity contribution in [2.24, 2.45) is 11.8 Å². The molecular weight excluding hydrogens is 550 g/mol. The SMILES string of the molecule is C=CCN(C(=O)[C@H]1[C@@H]2OC3(CC2Br)C(C(=O)N(CC=C)C(C)CCC)N(CCO)C(=O)[C@H]13)c1ccccc1. The average Bonchev–Trinajstić information content (AvgIpc) is 3.49. The Bertz CT molecular complexity index is 1070. The van der Waals surface area contributed by atoms with Crippen molar-refractivity contribution >= 4 is 39.3 Å². The smallest absolute Gasteiger partial charge is 0.248 e. The quantitative estimate of drug-likeness (QED) is 0.300. The zero-order valence-corrected chi connectivity index (χ0v) is 23.8. The van der Waals surface area contributed by atoms with Crippen LogP contribution in [0.15, 0.2) is 55.6 Å². The van der Waals surface area contributed by atoms with Crippen molar-refractivity contribution in [1.82, 2.24) is 9.80 Å². The van der Waals surface area contributed by atoms with Gasteiger partial charge in [0.1, 0.15) is 11.6 Å². The monoisotopic (exact) mass is 587 g/mol. The number of aliphatic hydroxyl groups is 1. The summed E-state index contributed by atoms with van der Waals surface area (Å²) in [4.78, 5) is 47.1. The molecular formula is C29H38BrN3O5. The van der Waals surface area contributed by atoms with Gasteiger partial charge in [0, 0.05) is 36.2 Å². The number of nitrogens with zero attached hydrogens (tertiary/aromatic N) is 3. The molecule has 206 valence electrons. The van der Waals surface area contributed by atoms with E-state index in [-0.39, 0.29) is 48.3 Å². The van der Waals surface area contributed by atoms with E-state index in [2.05, 4.69) is 36.0 Å². The van der Waals surface area contributed by atoms with Crippen LogP contribution in [0.2, 0.25) is 0 Å². The van der Waals surface area contributed by atoms with Gasteiger partial charge in [-0.3, -0.25) is 14.4 Å². The van der Waals surface area contributed by atoms with Gasteiger partial charge in [0.2, 0.25) is 17.7 Å². The summed E-state index contributed by atoms with van der Waals surface area (Å²) in [5, 5.41) is 9.87. The number of likely N-dealkylation sites (tertiary alicyclic amines) is 1. The minimum atomic E-state index is -1.16. The van der Waals surface area contributed by atoms with Crippen LogP contribution in [0.1, 0.15) is 33.1 Å². The number of ether oxygens (including phenoxy) is 1. The molecule has 7 atom stereocenters. The van der Waals surface area contributed by atoms with Crippen LogP contribution in [0.3, 0.4) is 0 Å². The van der Waals surface area contributed by atoms with Gasteiger partial charge in [0.15, 0.2) is 0 Å². The number of rotatable bonds is 12. The summed E-state index contributed by atoms with van der Waals surface area (Å²) in [5.74, 6) is -2.37. The highest BCUT2D eigenvalue weighted by Gasteiger charge is 2.77. The predicted octanol–water partition coefficient (Wildman–Crippen LogP) is 3.15. The van der Waals surface area contributed by atoms with Crippen LogP contribution in [0, 0.1) is 11.8 Å². The van der Waals surface area contributed by atoms with Crippen molar-refractivity contribution in [1.29, 1.82) is 0 Å². The molecule has 1 aromatic rings. The third-order valence-corrected chi connectivity index (χ3v) is 8.99. The first-order valence-corrected chi connectivity index (χ1v) is 14.3. The number of para-hydroxylation sites is 1. The Hall–Kier alpha value is -2.49. The van der Waals surface area contributed by atoms with Crippen molar-refractivity contribution in [2.45, 2.75) is 61.7 Å². The number of benzene rings is 1. The largest absolute Gasteiger partial charge is 0.395 e. The summed E-state index contributed by atoms with van der Waals surface area (Å²) < 4.78 is 6.61. The van der Waals surface area contributed by atoms with E-state index in [0.29, 0.717) is 18.7 Å². The zero-order chi connectivity index (χ0) is 27.6. The van der Waals surface area contributed by atoms with Crippen LogP contribution in [-0.2, 0) is 19.1 Å². The Morgan fingerprint density at radius 3 is 2.53 bits per heavy atom. The second-order valence-corrected chi connectivity index (χ2v) is 11.6. The number of halogens is 1. The highest BCUT2D eigenvalue weighted by Crippen LogP contribution is 2.60. The van der Waals surface area contributed by atoms with Gasteiger partial charge in [-0.2, -0.15) is 0 Å². The van der Waals surface area contributed by atoms with Gasteiger partial charge in [0.05, 0.1) is 24.5 Å². The van der Waals surface area contributed by atoms with Crippen molar-refractivity contribution in [3.63, 3.8) is 0 Å². The molecule has 4 rings (SSSR count). The number of hydrogen-bond donors (Lipinski definition) is 1. The second kappa shape index (κ2) is 11.7. The topological polar surface area (TPSA) is 90.4 Å². The summed E-state index contributed by atoms with van der Waals surface area (Å²) in [5.41, 5.74) is -0.458. The molecule has 0 aromatic heterocycles. The Morgan fingerprint density at radius 2 is 1.92 bits per heavy atom. The van der Waals surface area contributed by atoms with Crippen LogP contribution < -0.4 is 4.90 Å². The Labute approximate surface area is 233 Å². The van der Waals surface area contributed by atoms with E-state index in [1.807, 2.05) is 37.3 Å². The van der Waals surface area contributed by atoms with E-state index in [0.717, 1.165) is 12.8 Å². The van der Waals surface area contributed by atoms with Gasteiger partial charge in [-0.15, -0.1) is 13.2 Å². The minimum absolute atomic E-state index is 0.00543. The lowest BCUT2D eigenvalue weighted by Gasteiger charge is -2.39. The molecule has 3 aliphatic rings. The number of carbonyl (C=O) groups excluding carboxylic acids is 3. The van der Waals surface area contributed by atoms with Gasteiger partial charge < -0.3 is 24.5 Å². The van der Waals surface area contributed by atoms with E-state index in [1.165, 1.54) is 4.90 Å². The number of amides is 3. The Morgan fingerprint density at radius 1 is 1.24 bits per heavy atom. The summed E-state index contributed by atoms with van der Waals surface area (Å²) in [6.07, 6.45) is 4.91. The molecule has 3 heterocycles. The van der Waals surface area contributed by atoms with Crippen LogP contribution in [0.25, 0.3) is 0 Å². The van der Waals surface area contributed by atoms with Crippen molar-refractivity contribution in [3.05, 3.63) is 55.6 Å². The molecule has 0 aliphatic carbocycles. The number of carbonyl (C=O) groups is 3. The lowest BCUT2D eigenvalue weighted by atomic mass is 9.70. The molecule has 1 aromatic carbocycles. The fourth-order valence-corrected chi connectivity index (χ4v) is 7.58. The number of anilines is 1. The molecule has 3 fully saturated rings. The summed E-state index contributed by atoms with van der Waals surface area (Å²) in [6.45, 7) is 12.0. The van der Waals surface area contributed by atoms with E-state index < -0.39 is 29.6 Å². The molecule has 9 heteroatoms. The molecule has 2 bridgehead atoms. The fraction of sp³-hybridized carbons (Fsp3) is 0.552. The molecule has 3 aliphatic heterocycles. The minimum Gasteiger partial charge on any atom is -0.395 e. The van der Waals surface area contributed by atoms with E-state index in [9.17, 15) is 19.5 Å².